The number of aromatic nitrogens is 1. The number of rotatable bonds is 3. The lowest BCUT2D eigenvalue weighted by Crippen LogP contribution is -1.98. The van der Waals surface area contributed by atoms with E-state index in [4.69, 9.17) is 33.0 Å². The van der Waals surface area contributed by atoms with Crippen LogP contribution in [-0.4, -0.2) is 16.1 Å². The summed E-state index contributed by atoms with van der Waals surface area (Å²) in [5.41, 5.74) is 0.991. The van der Waals surface area contributed by atoms with Gasteiger partial charge in [0.1, 0.15) is 10.8 Å². The summed E-state index contributed by atoms with van der Waals surface area (Å²) in [5, 5.41) is 9.34. The number of pyridine rings is 1. The van der Waals surface area contributed by atoms with Crippen molar-refractivity contribution in [1.82, 2.24) is 4.98 Å². The van der Waals surface area contributed by atoms with Crippen LogP contribution in [0.3, 0.4) is 0 Å². The Bertz CT molecular complexity index is 644. The second-order valence-corrected chi connectivity index (χ2v) is 4.67. The topological polar surface area (TPSA) is 59.4 Å². The maximum absolute atomic E-state index is 10.8. The van der Waals surface area contributed by atoms with Crippen LogP contribution in [0.25, 0.3) is 0 Å². The molecule has 0 unspecified atom stereocenters. The zero-order valence-electron chi connectivity index (χ0n) is 9.85. The highest BCUT2D eigenvalue weighted by Gasteiger charge is 2.11. The average Bonchev–Trinajstić information content (AvgIpc) is 2.34. The van der Waals surface area contributed by atoms with E-state index in [0.29, 0.717) is 10.8 Å². The van der Waals surface area contributed by atoms with Crippen LogP contribution in [0.4, 0.5) is 0 Å². The van der Waals surface area contributed by atoms with Crippen LogP contribution in [-0.2, 0) is 0 Å². The van der Waals surface area contributed by atoms with Crippen LogP contribution in [0.5, 0.6) is 11.6 Å². The summed E-state index contributed by atoms with van der Waals surface area (Å²) >= 11 is 11.9. The van der Waals surface area contributed by atoms with Crippen LogP contribution < -0.4 is 4.74 Å². The van der Waals surface area contributed by atoms with Gasteiger partial charge in [0.05, 0.1) is 10.6 Å². The zero-order valence-corrected chi connectivity index (χ0v) is 11.4. The molecular weight excluding hydrogens is 289 g/mol. The molecule has 0 radical (unpaired) electrons. The van der Waals surface area contributed by atoms with Gasteiger partial charge < -0.3 is 9.84 Å². The fourth-order valence-corrected chi connectivity index (χ4v) is 1.89. The van der Waals surface area contributed by atoms with Crippen molar-refractivity contribution in [2.75, 3.05) is 0 Å². The van der Waals surface area contributed by atoms with Crippen LogP contribution in [0.1, 0.15) is 15.9 Å². The molecule has 0 saturated heterocycles. The van der Waals surface area contributed by atoms with E-state index in [1.54, 1.807) is 12.1 Å². The minimum absolute atomic E-state index is 0.00708. The van der Waals surface area contributed by atoms with E-state index < -0.39 is 5.97 Å². The van der Waals surface area contributed by atoms with E-state index in [9.17, 15) is 4.79 Å². The van der Waals surface area contributed by atoms with E-state index in [1.165, 1.54) is 12.3 Å². The maximum atomic E-state index is 10.8. The number of nitrogens with zero attached hydrogens (tertiary/aromatic N) is 1. The summed E-state index contributed by atoms with van der Waals surface area (Å²) in [6.45, 7) is 1.91. The van der Waals surface area contributed by atoms with Gasteiger partial charge in [0, 0.05) is 6.20 Å². The van der Waals surface area contributed by atoms with Gasteiger partial charge in [-0.3, -0.25) is 0 Å². The molecule has 0 aliphatic carbocycles. The van der Waals surface area contributed by atoms with Gasteiger partial charge in [-0.15, -0.1) is 0 Å². The summed E-state index contributed by atoms with van der Waals surface area (Å²) in [5.74, 6) is -0.587. The van der Waals surface area contributed by atoms with Crippen molar-refractivity contribution in [3.63, 3.8) is 0 Å². The van der Waals surface area contributed by atoms with Crippen molar-refractivity contribution in [2.24, 2.45) is 0 Å². The quantitative estimate of drug-likeness (QED) is 0.923. The summed E-state index contributed by atoms with van der Waals surface area (Å²) in [6, 6.07) is 6.55. The Balaban J connectivity index is 2.31. The van der Waals surface area contributed by atoms with Crippen molar-refractivity contribution in [1.29, 1.82) is 0 Å². The monoisotopic (exact) mass is 297 g/mol. The molecule has 0 atom stereocenters. The standard InChI is InChI=1S/C13H9Cl2NO3/c1-7-2-3-11(9(14)4-7)19-12-10(15)5-8(6-16-12)13(17)18/h2-6H,1H3,(H,17,18). The van der Waals surface area contributed by atoms with Gasteiger partial charge in [0.2, 0.25) is 5.88 Å². The molecule has 0 aliphatic heterocycles. The second-order valence-electron chi connectivity index (χ2n) is 3.85. The van der Waals surface area contributed by atoms with Gasteiger partial charge in [0.25, 0.3) is 0 Å². The number of hydrogen-bond donors (Lipinski definition) is 1. The third-order valence-corrected chi connectivity index (χ3v) is 2.91. The lowest BCUT2D eigenvalue weighted by Gasteiger charge is -2.08. The Morgan fingerprint density at radius 2 is 2.00 bits per heavy atom. The lowest BCUT2D eigenvalue weighted by atomic mass is 10.2. The fraction of sp³-hybridized carbons (Fsp3) is 0.0769. The van der Waals surface area contributed by atoms with Crippen molar-refractivity contribution >= 4 is 29.2 Å². The third kappa shape index (κ3) is 3.16. The number of ether oxygens (including phenoxy) is 1. The third-order valence-electron chi connectivity index (χ3n) is 2.35. The van der Waals surface area contributed by atoms with Crippen LogP contribution in [0.2, 0.25) is 10.0 Å². The van der Waals surface area contributed by atoms with Gasteiger partial charge in [-0.1, -0.05) is 29.3 Å². The van der Waals surface area contributed by atoms with Gasteiger partial charge in [-0.2, -0.15) is 0 Å². The number of carboxylic acid groups (broad SMARTS) is 1. The molecule has 0 saturated carbocycles. The molecule has 0 spiro atoms. The SMILES string of the molecule is Cc1ccc(Oc2ncc(C(=O)O)cc2Cl)c(Cl)c1. The molecule has 0 aliphatic rings. The molecule has 1 N–H and O–H groups in total. The molecule has 2 aromatic rings. The smallest absolute Gasteiger partial charge is 0.337 e. The van der Waals surface area contributed by atoms with Crippen LogP contribution in [0, 0.1) is 6.92 Å². The number of benzene rings is 1. The van der Waals surface area contributed by atoms with Crippen molar-refractivity contribution in [3.05, 3.63) is 51.6 Å². The van der Waals surface area contributed by atoms with Crippen molar-refractivity contribution in [3.8, 4) is 11.6 Å². The Morgan fingerprint density at radius 3 is 2.58 bits per heavy atom. The highest BCUT2D eigenvalue weighted by Crippen LogP contribution is 2.32. The molecule has 2 rings (SSSR count). The number of halogens is 2. The van der Waals surface area contributed by atoms with E-state index in [1.807, 2.05) is 13.0 Å². The highest BCUT2D eigenvalue weighted by molar-refractivity contribution is 6.33. The molecule has 1 aromatic carbocycles. The first-order chi connectivity index (χ1) is 8.97. The van der Waals surface area contributed by atoms with Crippen molar-refractivity contribution in [2.45, 2.75) is 6.92 Å². The first kappa shape index (κ1) is 13.6. The average molecular weight is 298 g/mol. The first-order valence-corrected chi connectivity index (χ1v) is 6.06. The molecule has 19 heavy (non-hydrogen) atoms. The normalized spacial score (nSPS) is 10.3. The Kier molecular flexibility index (Phi) is 3.93. The largest absolute Gasteiger partial charge is 0.478 e. The van der Waals surface area contributed by atoms with E-state index in [2.05, 4.69) is 4.98 Å². The van der Waals surface area contributed by atoms with E-state index in [0.717, 1.165) is 5.56 Å². The molecule has 0 amide bonds. The molecule has 4 nitrogen and oxygen atoms in total. The molecule has 6 heteroatoms. The fourth-order valence-electron chi connectivity index (χ4n) is 1.41. The van der Waals surface area contributed by atoms with Gasteiger partial charge in [-0.25, -0.2) is 9.78 Å². The summed E-state index contributed by atoms with van der Waals surface area (Å²) < 4.78 is 5.46. The van der Waals surface area contributed by atoms with Gasteiger partial charge >= 0.3 is 5.97 Å². The number of hydrogen-bond acceptors (Lipinski definition) is 3. The predicted molar refractivity (Wildman–Crippen MR) is 72.5 cm³/mol. The second kappa shape index (κ2) is 5.47. The first-order valence-electron chi connectivity index (χ1n) is 5.30. The summed E-state index contributed by atoms with van der Waals surface area (Å²) in [4.78, 5) is 14.6. The lowest BCUT2D eigenvalue weighted by molar-refractivity contribution is 0.0696. The minimum atomic E-state index is -1.10. The molecule has 0 fully saturated rings. The molecule has 1 aromatic heterocycles. The summed E-state index contributed by atoms with van der Waals surface area (Å²) in [7, 11) is 0. The van der Waals surface area contributed by atoms with Gasteiger partial charge in [0.15, 0.2) is 0 Å². The highest BCUT2D eigenvalue weighted by atomic mass is 35.5. The number of aromatic carboxylic acids is 1. The van der Waals surface area contributed by atoms with E-state index in [-0.39, 0.29) is 16.5 Å². The number of aryl methyl sites for hydroxylation is 1. The van der Waals surface area contributed by atoms with Gasteiger partial charge in [-0.05, 0) is 30.7 Å². The predicted octanol–water partition coefficient (Wildman–Crippen LogP) is 4.19. The zero-order chi connectivity index (χ0) is 14.0. The molecule has 98 valence electrons. The van der Waals surface area contributed by atoms with Crippen molar-refractivity contribution < 1.29 is 14.6 Å². The van der Waals surface area contributed by atoms with E-state index >= 15 is 0 Å². The Morgan fingerprint density at radius 1 is 1.26 bits per heavy atom. The maximum Gasteiger partial charge on any atom is 0.337 e. The summed E-state index contributed by atoms with van der Waals surface area (Å²) in [6.07, 6.45) is 1.17. The number of carbonyl (C=O) groups is 1. The molecule has 0 bridgehead atoms. The Hall–Kier alpha value is -1.78. The van der Waals surface area contributed by atoms with Crippen LogP contribution in [0.15, 0.2) is 30.5 Å². The number of carboxylic acids is 1. The minimum Gasteiger partial charge on any atom is -0.478 e. The molecule has 1 heterocycles. The Labute approximate surface area is 119 Å². The van der Waals surface area contributed by atoms with Crippen LogP contribution >= 0.6 is 23.2 Å². The molecular formula is C13H9Cl2NO3.